The average molecular weight is 440 g/mol. The fourth-order valence-corrected chi connectivity index (χ4v) is 3.81. The van der Waals surface area contributed by atoms with E-state index in [1.807, 2.05) is 6.07 Å². The molecular weight excluding hydrogens is 414 g/mol. The second-order valence-electron chi connectivity index (χ2n) is 7.04. The lowest BCUT2D eigenvalue weighted by atomic mass is 10.1. The summed E-state index contributed by atoms with van der Waals surface area (Å²) in [6.07, 6.45) is 0. The van der Waals surface area contributed by atoms with Gasteiger partial charge in [-0.15, -0.1) is 0 Å². The van der Waals surface area contributed by atoms with Crippen LogP contribution >= 0.6 is 11.5 Å². The number of carbonyl (C=O) groups excluding carboxylic acids is 2. The van der Waals surface area contributed by atoms with Crippen LogP contribution in [-0.2, 0) is 17.9 Å². The SMILES string of the molecule is CNC(=O)c1cccc(COc2nsc(NCc3ccc(C)cc3C)c2C(=O)OC)c1. The molecular formula is C23H25N3O4S. The van der Waals surface area contributed by atoms with Gasteiger partial charge in [-0.3, -0.25) is 4.79 Å². The van der Waals surface area contributed by atoms with Crippen molar-refractivity contribution in [3.05, 3.63) is 75.8 Å². The highest BCUT2D eigenvalue weighted by molar-refractivity contribution is 7.10. The number of carbonyl (C=O) groups is 2. The highest BCUT2D eigenvalue weighted by Gasteiger charge is 2.23. The number of nitrogens with zero attached hydrogens (tertiary/aromatic N) is 1. The van der Waals surface area contributed by atoms with Crippen molar-refractivity contribution < 1.29 is 19.1 Å². The summed E-state index contributed by atoms with van der Waals surface area (Å²) >= 11 is 1.14. The first-order valence-electron chi connectivity index (χ1n) is 9.74. The lowest BCUT2D eigenvalue weighted by Gasteiger charge is -2.10. The molecule has 0 aliphatic heterocycles. The first-order valence-corrected chi connectivity index (χ1v) is 10.5. The average Bonchev–Trinajstić information content (AvgIpc) is 3.19. The van der Waals surface area contributed by atoms with E-state index < -0.39 is 5.97 Å². The second-order valence-corrected chi connectivity index (χ2v) is 7.81. The van der Waals surface area contributed by atoms with Crippen LogP contribution in [0.2, 0.25) is 0 Å². The van der Waals surface area contributed by atoms with Gasteiger partial charge < -0.3 is 20.1 Å². The summed E-state index contributed by atoms with van der Waals surface area (Å²) in [6.45, 7) is 4.82. The number of nitrogens with one attached hydrogen (secondary N) is 2. The molecule has 7 nitrogen and oxygen atoms in total. The van der Waals surface area contributed by atoms with Crippen molar-refractivity contribution in [3.63, 3.8) is 0 Å². The molecule has 0 unspecified atom stereocenters. The van der Waals surface area contributed by atoms with Crippen LogP contribution in [0.25, 0.3) is 0 Å². The third-order valence-corrected chi connectivity index (χ3v) is 5.57. The van der Waals surface area contributed by atoms with Crippen molar-refractivity contribution in [3.8, 4) is 5.88 Å². The standard InChI is InChI=1S/C23H25N3O4S/c1-14-8-9-18(15(2)10-14)12-25-22-19(23(28)29-4)21(26-31-22)30-13-16-6-5-7-17(11-16)20(27)24-3/h5-11,25H,12-13H2,1-4H3,(H,24,27). The third-order valence-electron chi connectivity index (χ3n) is 4.78. The van der Waals surface area contributed by atoms with E-state index in [-0.39, 0.29) is 24.0 Å². The molecule has 2 aromatic carbocycles. The molecule has 0 radical (unpaired) electrons. The molecule has 1 aromatic heterocycles. The zero-order chi connectivity index (χ0) is 22.4. The van der Waals surface area contributed by atoms with Crippen molar-refractivity contribution in [2.24, 2.45) is 0 Å². The van der Waals surface area contributed by atoms with Crippen molar-refractivity contribution in [1.82, 2.24) is 9.69 Å². The van der Waals surface area contributed by atoms with Gasteiger partial charge in [0.05, 0.1) is 7.11 Å². The zero-order valence-electron chi connectivity index (χ0n) is 17.9. The Morgan fingerprint density at radius 2 is 1.94 bits per heavy atom. The number of amides is 1. The fraction of sp³-hybridized carbons (Fsp3) is 0.261. The number of aryl methyl sites for hydroxylation is 2. The molecule has 1 heterocycles. The van der Waals surface area contributed by atoms with Crippen LogP contribution in [-0.4, -0.2) is 30.4 Å². The second kappa shape index (κ2) is 10.1. The molecule has 0 spiro atoms. The number of benzene rings is 2. The van der Waals surface area contributed by atoms with Crippen molar-refractivity contribution in [1.29, 1.82) is 0 Å². The van der Waals surface area contributed by atoms with Crippen molar-refractivity contribution >= 4 is 28.4 Å². The van der Waals surface area contributed by atoms with Gasteiger partial charge in [0.25, 0.3) is 5.91 Å². The van der Waals surface area contributed by atoms with Gasteiger partial charge in [0, 0.05) is 19.2 Å². The summed E-state index contributed by atoms with van der Waals surface area (Å²) < 4.78 is 15.1. The number of aromatic nitrogens is 1. The van der Waals surface area contributed by atoms with Crippen LogP contribution in [0.5, 0.6) is 5.88 Å². The molecule has 0 bridgehead atoms. The fourth-order valence-electron chi connectivity index (χ4n) is 3.09. The van der Waals surface area contributed by atoms with E-state index in [4.69, 9.17) is 9.47 Å². The molecule has 8 heteroatoms. The van der Waals surface area contributed by atoms with E-state index in [1.165, 1.54) is 18.2 Å². The number of hydrogen-bond donors (Lipinski definition) is 2. The number of methoxy groups -OCH3 is 1. The number of anilines is 1. The summed E-state index contributed by atoms with van der Waals surface area (Å²) in [5.41, 5.74) is 5.08. The van der Waals surface area contributed by atoms with Crippen LogP contribution in [0.1, 0.15) is 43.0 Å². The van der Waals surface area contributed by atoms with Crippen molar-refractivity contribution in [2.45, 2.75) is 27.0 Å². The molecule has 31 heavy (non-hydrogen) atoms. The van der Waals surface area contributed by atoms with Crippen LogP contribution < -0.4 is 15.4 Å². The molecule has 0 fully saturated rings. The Morgan fingerprint density at radius 3 is 2.65 bits per heavy atom. The van der Waals surface area contributed by atoms with Gasteiger partial charge >= 0.3 is 5.97 Å². The van der Waals surface area contributed by atoms with Crippen LogP contribution in [0, 0.1) is 13.8 Å². The molecule has 0 aliphatic carbocycles. The van der Waals surface area contributed by atoms with E-state index in [0.717, 1.165) is 22.7 Å². The van der Waals surface area contributed by atoms with Crippen LogP contribution in [0.3, 0.4) is 0 Å². The third kappa shape index (κ3) is 5.40. The smallest absolute Gasteiger partial charge is 0.346 e. The highest BCUT2D eigenvalue weighted by Crippen LogP contribution is 2.32. The van der Waals surface area contributed by atoms with Gasteiger partial charge in [-0.1, -0.05) is 35.9 Å². The maximum Gasteiger partial charge on any atom is 0.346 e. The minimum atomic E-state index is -0.522. The Labute approximate surface area is 185 Å². The summed E-state index contributed by atoms with van der Waals surface area (Å²) in [6, 6.07) is 13.3. The number of rotatable bonds is 8. The number of esters is 1. The molecule has 2 N–H and O–H groups in total. The summed E-state index contributed by atoms with van der Waals surface area (Å²) in [5, 5.41) is 6.45. The first kappa shape index (κ1) is 22.3. The van der Waals surface area contributed by atoms with Gasteiger partial charge in [-0.05, 0) is 54.2 Å². The Morgan fingerprint density at radius 1 is 1.13 bits per heavy atom. The van der Waals surface area contributed by atoms with Gasteiger partial charge in [0.1, 0.15) is 11.6 Å². The molecule has 0 aliphatic rings. The van der Waals surface area contributed by atoms with E-state index in [2.05, 4.69) is 47.1 Å². The van der Waals surface area contributed by atoms with Crippen LogP contribution in [0.15, 0.2) is 42.5 Å². The molecule has 3 aromatic rings. The largest absolute Gasteiger partial charge is 0.472 e. The van der Waals surface area contributed by atoms with Crippen LogP contribution in [0.4, 0.5) is 5.00 Å². The first-order chi connectivity index (χ1) is 14.9. The minimum absolute atomic E-state index is 0.162. The van der Waals surface area contributed by atoms with E-state index in [0.29, 0.717) is 17.1 Å². The summed E-state index contributed by atoms with van der Waals surface area (Å²) in [7, 11) is 2.90. The Hall–Kier alpha value is -3.39. The lowest BCUT2D eigenvalue weighted by molar-refractivity contribution is 0.0596. The van der Waals surface area contributed by atoms with Gasteiger partial charge in [-0.2, -0.15) is 4.37 Å². The summed E-state index contributed by atoms with van der Waals surface area (Å²) in [4.78, 5) is 24.2. The van der Waals surface area contributed by atoms with Crippen molar-refractivity contribution in [2.75, 3.05) is 19.5 Å². The predicted octanol–water partition coefficient (Wildman–Crippen LogP) is 4.10. The normalized spacial score (nSPS) is 10.5. The molecule has 3 rings (SSSR count). The predicted molar refractivity (Wildman–Crippen MR) is 121 cm³/mol. The molecule has 0 saturated carbocycles. The van der Waals surface area contributed by atoms with E-state index >= 15 is 0 Å². The van der Waals surface area contributed by atoms with Gasteiger partial charge in [0.15, 0.2) is 5.56 Å². The topological polar surface area (TPSA) is 89.5 Å². The lowest BCUT2D eigenvalue weighted by Crippen LogP contribution is -2.17. The minimum Gasteiger partial charge on any atom is -0.472 e. The van der Waals surface area contributed by atoms with Gasteiger partial charge in [-0.25, -0.2) is 4.79 Å². The molecule has 1 amide bonds. The highest BCUT2D eigenvalue weighted by atomic mass is 32.1. The maximum atomic E-state index is 12.4. The molecule has 162 valence electrons. The zero-order valence-corrected chi connectivity index (χ0v) is 18.8. The molecule has 0 saturated heterocycles. The quantitative estimate of drug-likeness (QED) is 0.514. The Bertz CT molecular complexity index is 1090. The van der Waals surface area contributed by atoms with E-state index in [9.17, 15) is 9.59 Å². The Balaban J connectivity index is 1.76. The monoisotopic (exact) mass is 439 g/mol. The Kier molecular flexibility index (Phi) is 7.25. The number of ether oxygens (including phenoxy) is 2. The molecule has 0 atom stereocenters. The summed E-state index contributed by atoms with van der Waals surface area (Å²) in [5.74, 6) is -0.500. The maximum absolute atomic E-state index is 12.4. The van der Waals surface area contributed by atoms with Gasteiger partial charge in [0.2, 0.25) is 5.88 Å². The number of hydrogen-bond acceptors (Lipinski definition) is 7. The van der Waals surface area contributed by atoms with E-state index in [1.54, 1.807) is 25.2 Å².